The Morgan fingerprint density at radius 2 is 0.592 bits per heavy atom. The molecule has 0 aromatic rings. The van der Waals surface area contributed by atoms with Gasteiger partial charge >= 0.3 is 0 Å². The smallest absolute Gasteiger partial charge is 0.00789 e. The fourth-order valence-corrected chi connectivity index (χ4v) is 33.6. The second-order valence-electron chi connectivity index (χ2n) is 24.2. The minimum Gasteiger partial charge on any atom is -0.0936 e. The van der Waals surface area contributed by atoms with Gasteiger partial charge in [-0.1, -0.05) is 28.7 Å². The molecular formula is C47H72P2. The standard InChI is InChI=1S/C47H72P2/c1-2-4-43(49(46-23-36-11-37(24-46)13-38(12-36)25-46)47-26-39-14-40(27-47)16-41(15-39)28-47)42(3-1)29-48(44-17-30-5-31(18-44)7-32(6-30)19-44)45-20-33-8-34(21-45)10-35(9-33)22-45/h30-43H,1-29H2. The molecule has 270 valence electrons. The maximum atomic E-state index is 1.83. The van der Waals surface area contributed by atoms with Crippen LogP contribution in [0, 0.1) is 76.9 Å². The number of hydrogen-bond donors (Lipinski definition) is 0. The van der Waals surface area contributed by atoms with Gasteiger partial charge in [0.05, 0.1) is 0 Å². The molecule has 17 aliphatic rings. The highest BCUT2D eigenvalue weighted by Gasteiger charge is 2.67. The molecule has 0 N–H and O–H groups in total. The molecule has 17 rings (SSSR count). The Morgan fingerprint density at radius 1 is 0.327 bits per heavy atom. The van der Waals surface area contributed by atoms with E-state index in [0.717, 1.165) is 97.6 Å². The molecule has 17 fully saturated rings. The van der Waals surface area contributed by atoms with E-state index in [1.54, 1.807) is 180 Å². The first-order valence-corrected chi connectivity index (χ1v) is 26.4. The molecule has 49 heavy (non-hydrogen) atoms. The largest absolute Gasteiger partial charge is 0.0936 e. The van der Waals surface area contributed by atoms with Crippen LogP contribution in [0.25, 0.3) is 0 Å². The van der Waals surface area contributed by atoms with Gasteiger partial charge in [0.1, 0.15) is 0 Å². The summed E-state index contributed by atoms with van der Waals surface area (Å²) in [4.78, 5) is 0. The Balaban J connectivity index is 0.919. The van der Waals surface area contributed by atoms with Gasteiger partial charge in [-0.2, -0.15) is 0 Å². The first-order chi connectivity index (χ1) is 23.9. The van der Waals surface area contributed by atoms with Crippen LogP contribution in [0.5, 0.6) is 0 Å². The van der Waals surface area contributed by atoms with Crippen LogP contribution in [-0.4, -0.2) is 32.4 Å². The molecule has 2 unspecified atom stereocenters. The SMILES string of the molecule is C1CCC(P(C23CC4CC(CC(C4)C2)C3)C23CC4CC(CC(C4)C2)C3)C(CP(C23CC4CC(CC(C4)C2)C3)C23CC4CC(CC(C4)C2)C3)C1. The zero-order chi connectivity index (χ0) is 31.7. The van der Waals surface area contributed by atoms with Crippen molar-refractivity contribution in [2.24, 2.45) is 76.9 Å². The van der Waals surface area contributed by atoms with Crippen molar-refractivity contribution in [1.29, 1.82) is 0 Å². The summed E-state index contributed by atoms with van der Waals surface area (Å²) in [5.74, 6) is 15.0. The Labute approximate surface area is 303 Å². The quantitative estimate of drug-likeness (QED) is 0.232. The zero-order valence-corrected chi connectivity index (χ0v) is 33.3. The first-order valence-electron chi connectivity index (χ1n) is 23.5. The average molecular weight is 699 g/mol. The molecule has 0 aromatic heterocycles. The molecule has 0 spiro atoms. The van der Waals surface area contributed by atoms with Crippen molar-refractivity contribution in [1.82, 2.24) is 0 Å². The predicted octanol–water partition coefficient (Wildman–Crippen LogP) is 13.4. The maximum absolute atomic E-state index is 1.83. The molecule has 0 radical (unpaired) electrons. The minimum absolute atomic E-state index is 0.147. The molecule has 0 aliphatic heterocycles. The van der Waals surface area contributed by atoms with E-state index >= 15 is 0 Å². The molecule has 0 saturated heterocycles. The first kappa shape index (κ1) is 31.1. The topological polar surface area (TPSA) is 0 Å². The van der Waals surface area contributed by atoms with E-state index < -0.39 is 0 Å². The summed E-state index contributed by atoms with van der Waals surface area (Å²) in [5.41, 5.74) is 1.20. The lowest BCUT2D eigenvalue weighted by Crippen LogP contribution is -2.59. The number of hydrogen-bond acceptors (Lipinski definition) is 0. The second kappa shape index (κ2) is 10.8. The molecule has 0 aromatic carbocycles. The van der Waals surface area contributed by atoms with Crippen molar-refractivity contribution in [3.63, 3.8) is 0 Å². The van der Waals surface area contributed by atoms with Crippen molar-refractivity contribution in [2.45, 2.75) is 206 Å². The van der Waals surface area contributed by atoms with E-state index in [0.29, 0.717) is 0 Å². The van der Waals surface area contributed by atoms with Gasteiger partial charge in [-0.25, -0.2) is 0 Å². The highest BCUT2D eigenvalue weighted by Crippen LogP contribution is 2.84. The van der Waals surface area contributed by atoms with Gasteiger partial charge in [-0.3, -0.25) is 0 Å². The van der Waals surface area contributed by atoms with E-state index in [-0.39, 0.29) is 15.8 Å². The van der Waals surface area contributed by atoms with Gasteiger partial charge in [0.25, 0.3) is 0 Å². The highest BCUT2D eigenvalue weighted by molar-refractivity contribution is 7.62. The van der Waals surface area contributed by atoms with Crippen LogP contribution in [-0.2, 0) is 0 Å². The van der Waals surface area contributed by atoms with Crippen LogP contribution in [0.15, 0.2) is 0 Å². The maximum Gasteiger partial charge on any atom is -0.00789 e. The Bertz CT molecular complexity index is 1110. The summed E-state index contributed by atoms with van der Waals surface area (Å²) in [6.07, 6.45) is 49.4. The lowest BCUT2D eigenvalue weighted by molar-refractivity contribution is 0.0166. The van der Waals surface area contributed by atoms with Gasteiger partial charge in [0.15, 0.2) is 0 Å². The fraction of sp³-hybridized carbons (Fsp3) is 1.00. The van der Waals surface area contributed by atoms with Crippen molar-refractivity contribution in [2.75, 3.05) is 6.16 Å². The van der Waals surface area contributed by atoms with E-state index in [4.69, 9.17) is 0 Å². The summed E-state index contributed by atoms with van der Waals surface area (Å²) in [6.45, 7) is 0. The van der Waals surface area contributed by atoms with Crippen LogP contribution in [0.4, 0.5) is 0 Å². The van der Waals surface area contributed by atoms with E-state index in [9.17, 15) is 0 Å². The molecule has 17 aliphatic carbocycles. The van der Waals surface area contributed by atoms with Gasteiger partial charge in [-0.05, 0) is 276 Å². The summed E-state index contributed by atoms with van der Waals surface area (Å²) in [5, 5.41) is 3.39. The molecule has 2 atom stereocenters. The third-order valence-corrected chi connectivity index (χ3v) is 29.5. The summed E-state index contributed by atoms with van der Waals surface area (Å²) in [7, 11) is 0.308. The van der Waals surface area contributed by atoms with Crippen LogP contribution >= 0.6 is 15.8 Å². The van der Waals surface area contributed by atoms with Crippen molar-refractivity contribution in [3.8, 4) is 0 Å². The number of rotatable bonds is 7. The highest BCUT2D eigenvalue weighted by atomic mass is 31.1. The van der Waals surface area contributed by atoms with Crippen LogP contribution in [0.3, 0.4) is 0 Å². The van der Waals surface area contributed by atoms with Crippen molar-refractivity contribution in [3.05, 3.63) is 0 Å². The van der Waals surface area contributed by atoms with Crippen molar-refractivity contribution < 1.29 is 0 Å². The molecule has 17 saturated carbocycles. The summed E-state index contributed by atoms with van der Waals surface area (Å²) >= 11 is 0. The molecule has 0 amide bonds. The van der Waals surface area contributed by atoms with Crippen LogP contribution in [0.1, 0.15) is 180 Å². The van der Waals surface area contributed by atoms with E-state index in [1.807, 2.05) is 6.16 Å². The third-order valence-electron chi connectivity index (χ3n) is 20.8. The third kappa shape index (κ3) is 4.65. The van der Waals surface area contributed by atoms with Crippen LogP contribution < -0.4 is 0 Å². The molecular weight excluding hydrogens is 626 g/mol. The Hall–Kier alpha value is 0.860. The minimum atomic E-state index is 0.147. The van der Waals surface area contributed by atoms with E-state index in [2.05, 4.69) is 0 Å². The lowest BCUT2D eigenvalue weighted by atomic mass is 9.55. The molecule has 0 nitrogen and oxygen atoms in total. The second-order valence-corrected chi connectivity index (χ2v) is 30.6. The monoisotopic (exact) mass is 699 g/mol. The van der Waals surface area contributed by atoms with Gasteiger partial charge in [-0.15, -0.1) is 0 Å². The lowest BCUT2D eigenvalue weighted by Gasteiger charge is -2.70. The van der Waals surface area contributed by atoms with Gasteiger partial charge in [0.2, 0.25) is 0 Å². The zero-order valence-electron chi connectivity index (χ0n) is 31.5. The predicted molar refractivity (Wildman–Crippen MR) is 208 cm³/mol. The fourth-order valence-electron chi connectivity index (χ4n) is 21.6. The van der Waals surface area contributed by atoms with Gasteiger partial charge in [0, 0.05) is 0 Å². The van der Waals surface area contributed by atoms with E-state index in [1.165, 1.54) is 5.66 Å². The summed E-state index contributed by atoms with van der Waals surface area (Å²) < 4.78 is 0. The van der Waals surface area contributed by atoms with Crippen molar-refractivity contribution >= 4 is 15.8 Å². The summed E-state index contributed by atoms with van der Waals surface area (Å²) in [6, 6.07) is 0. The molecule has 0 heterocycles. The Morgan fingerprint density at radius 3 is 0.898 bits per heavy atom. The van der Waals surface area contributed by atoms with Gasteiger partial charge < -0.3 is 0 Å². The average Bonchev–Trinajstić information content (AvgIpc) is 3.01. The normalized spacial score (nSPS) is 62.7. The Kier molecular flexibility index (Phi) is 6.85. The molecule has 16 bridgehead atoms. The molecule has 2 heteroatoms. The van der Waals surface area contributed by atoms with Crippen LogP contribution in [0.2, 0.25) is 0 Å².